The lowest BCUT2D eigenvalue weighted by atomic mass is 10.2. The highest BCUT2D eigenvalue weighted by Crippen LogP contribution is 2.27. The van der Waals surface area contributed by atoms with Gasteiger partial charge in [0, 0.05) is 24.0 Å². The van der Waals surface area contributed by atoms with Crippen LogP contribution in [0.5, 0.6) is 0 Å². The molecule has 5 heteroatoms. The quantitative estimate of drug-likeness (QED) is 0.736. The Balaban J connectivity index is 1.96. The Morgan fingerprint density at radius 3 is 2.32 bits per heavy atom. The first-order valence-corrected chi connectivity index (χ1v) is 8.22. The third kappa shape index (κ3) is 3.71. The molecule has 0 aliphatic carbocycles. The van der Waals surface area contributed by atoms with Gasteiger partial charge in [0.15, 0.2) is 0 Å². The van der Waals surface area contributed by atoms with E-state index in [0.717, 1.165) is 16.9 Å². The summed E-state index contributed by atoms with van der Waals surface area (Å²) in [6.45, 7) is 6.04. The van der Waals surface area contributed by atoms with Crippen LogP contribution in [-0.4, -0.2) is 17.0 Å². The molecule has 0 atom stereocenters. The minimum absolute atomic E-state index is 0.471. The van der Waals surface area contributed by atoms with Gasteiger partial charge in [-0.3, -0.25) is 0 Å². The van der Waals surface area contributed by atoms with Crippen LogP contribution in [0.2, 0.25) is 0 Å². The number of aryl methyl sites for hydroxylation is 2. The second kappa shape index (κ2) is 6.81. The van der Waals surface area contributed by atoms with Gasteiger partial charge in [-0.1, -0.05) is 29.8 Å². The Morgan fingerprint density at radius 1 is 0.920 bits per heavy atom. The van der Waals surface area contributed by atoms with E-state index in [1.165, 1.54) is 11.1 Å². The van der Waals surface area contributed by atoms with Crippen LogP contribution in [0.3, 0.4) is 0 Å². The maximum absolute atomic E-state index is 6.13. The number of benzene rings is 2. The topological polar surface area (TPSA) is 67.1 Å². The molecule has 3 N–H and O–H groups in total. The number of nitrogens with two attached hydrogens (primary N) is 1. The van der Waals surface area contributed by atoms with Crippen LogP contribution in [0.4, 0.5) is 29.0 Å². The number of hydrogen-bond donors (Lipinski definition) is 2. The second-order valence-electron chi connectivity index (χ2n) is 6.27. The van der Waals surface area contributed by atoms with Crippen LogP contribution in [-0.2, 0) is 0 Å². The van der Waals surface area contributed by atoms with Crippen LogP contribution in [0, 0.1) is 20.8 Å². The van der Waals surface area contributed by atoms with E-state index in [2.05, 4.69) is 53.4 Å². The van der Waals surface area contributed by atoms with Crippen molar-refractivity contribution in [1.29, 1.82) is 0 Å². The van der Waals surface area contributed by atoms with Gasteiger partial charge in [-0.25, -0.2) is 0 Å². The van der Waals surface area contributed by atoms with Crippen molar-refractivity contribution in [3.63, 3.8) is 0 Å². The average Bonchev–Trinajstić information content (AvgIpc) is 2.59. The van der Waals surface area contributed by atoms with Gasteiger partial charge < -0.3 is 16.0 Å². The van der Waals surface area contributed by atoms with Gasteiger partial charge in [-0.2, -0.15) is 9.97 Å². The van der Waals surface area contributed by atoms with E-state index in [1.54, 1.807) is 0 Å². The molecule has 1 aromatic heterocycles. The van der Waals surface area contributed by atoms with E-state index in [1.807, 2.05) is 43.1 Å². The molecular formula is C20H23N5. The first-order chi connectivity index (χ1) is 11.9. The Labute approximate surface area is 148 Å². The number of anilines is 5. The zero-order valence-electron chi connectivity index (χ0n) is 15.0. The number of aromatic nitrogens is 2. The lowest BCUT2D eigenvalue weighted by Gasteiger charge is -2.20. The van der Waals surface area contributed by atoms with E-state index < -0.39 is 0 Å². The lowest BCUT2D eigenvalue weighted by molar-refractivity contribution is 1.04. The van der Waals surface area contributed by atoms with Crippen molar-refractivity contribution in [2.45, 2.75) is 20.8 Å². The highest BCUT2D eigenvalue weighted by Gasteiger charge is 2.13. The van der Waals surface area contributed by atoms with Crippen molar-refractivity contribution in [1.82, 2.24) is 9.97 Å². The van der Waals surface area contributed by atoms with Crippen LogP contribution < -0.4 is 16.0 Å². The van der Waals surface area contributed by atoms with Gasteiger partial charge in [-0.05, 0) is 50.6 Å². The molecule has 3 rings (SSSR count). The molecule has 0 spiro atoms. The third-order valence-electron chi connectivity index (χ3n) is 4.17. The normalized spacial score (nSPS) is 10.6. The Morgan fingerprint density at radius 2 is 1.64 bits per heavy atom. The monoisotopic (exact) mass is 333 g/mol. The number of nitrogens with one attached hydrogen (secondary N) is 1. The van der Waals surface area contributed by atoms with Crippen LogP contribution in [0.1, 0.15) is 16.7 Å². The lowest BCUT2D eigenvalue weighted by Crippen LogP contribution is -2.16. The van der Waals surface area contributed by atoms with E-state index in [9.17, 15) is 0 Å². The SMILES string of the molecule is Cc1ccc(N(C)c2nc(N)c(C)c(Nc3cccc(C)c3)n2)cc1. The van der Waals surface area contributed by atoms with E-state index >= 15 is 0 Å². The van der Waals surface area contributed by atoms with Crippen molar-refractivity contribution >= 4 is 29.0 Å². The van der Waals surface area contributed by atoms with Crippen molar-refractivity contribution in [3.8, 4) is 0 Å². The summed E-state index contributed by atoms with van der Waals surface area (Å²) < 4.78 is 0. The molecule has 25 heavy (non-hydrogen) atoms. The molecule has 0 amide bonds. The maximum Gasteiger partial charge on any atom is 0.233 e. The Bertz CT molecular complexity index is 887. The van der Waals surface area contributed by atoms with Gasteiger partial charge in [-0.15, -0.1) is 0 Å². The summed E-state index contributed by atoms with van der Waals surface area (Å²) in [6, 6.07) is 16.4. The van der Waals surface area contributed by atoms with Gasteiger partial charge in [0.2, 0.25) is 5.95 Å². The van der Waals surface area contributed by atoms with Crippen molar-refractivity contribution in [3.05, 3.63) is 65.2 Å². The first-order valence-electron chi connectivity index (χ1n) is 8.22. The summed E-state index contributed by atoms with van der Waals surface area (Å²) in [5.74, 6) is 1.74. The fourth-order valence-corrected chi connectivity index (χ4v) is 2.54. The molecule has 0 saturated heterocycles. The minimum atomic E-state index is 0.471. The van der Waals surface area contributed by atoms with Gasteiger partial charge in [0.25, 0.3) is 0 Å². The van der Waals surface area contributed by atoms with Gasteiger partial charge in [0.1, 0.15) is 11.6 Å². The summed E-state index contributed by atoms with van der Waals surface area (Å²) in [5.41, 5.74) is 11.3. The molecule has 0 fully saturated rings. The summed E-state index contributed by atoms with van der Waals surface area (Å²) in [7, 11) is 1.94. The number of nitrogens with zero attached hydrogens (tertiary/aromatic N) is 3. The summed E-state index contributed by atoms with van der Waals surface area (Å²) in [4.78, 5) is 11.1. The maximum atomic E-state index is 6.13. The zero-order chi connectivity index (χ0) is 18.0. The standard InChI is InChI=1S/C20H23N5/c1-13-8-10-17(11-9-13)25(4)20-23-18(21)15(3)19(24-20)22-16-7-5-6-14(2)12-16/h5-12H,1-4H3,(H3,21,22,23,24). The van der Waals surface area contributed by atoms with E-state index in [-0.39, 0.29) is 0 Å². The molecular weight excluding hydrogens is 310 g/mol. The minimum Gasteiger partial charge on any atom is -0.383 e. The van der Waals surface area contributed by atoms with Gasteiger partial charge >= 0.3 is 0 Å². The molecule has 3 aromatic rings. The van der Waals surface area contributed by atoms with E-state index in [4.69, 9.17) is 5.73 Å². The number of hydrogen-bond acceptors (Lipinski definition) is 5. The third-order valence-corrected chi connectivity index (χ3v) is 4.17. The summed E-state index contributed by atoms with van der Waals surface area (Å²) in [5, 5.41) is 3.35. The smallest absolute Gasteiger partial charge is 0.233 e. The highest BCUT2D eigenvalue weighted by molar-refractivity contribution is 5.68. The molecule has 5 nitrogen and oxygen atoms in total. The van der Waals surface area contributed by atoms with Crippen LogP contribution >= 0.6 is 0 Å². The largest absolute Gasteiger partial charge is 0.383 e. The molecule has 1 heterocycles. The van der Waals surface area contributed by atoms with Crippen molar-refractivity contribution < 1.29 is 0 Å². The molecule has 0 unspecified atom stereocenters. The molecule has 128 valence electrons. The Hall–Kier alpha value is -3.08. The molecule has 0 saturated carbocycles. The van der Waals surface area contributed by atoms with Gasteiger partial charge in [0.05, 0.1) is 0 Å². The van der Waals surface area contributed by atoms with Crippen molar-refractivity contribution in [2.24, 2.45) is 0 Å². The predicted molar refractivity (Wildman–Crippen MR) is 105 cm³/mol. The average molecular weight is 333 g/mol. The summed E-state index contributed by atoms with van der Waals surface area (Å²) in [6.07, 6.45) is 0. The van der Waals surface area contributed by atoms with Crippen LogP contribution in [0.15, 0.2) is 48.5 Å². The molecule has 0 aliphatic heterocycles. The Kier molecular flexibility index (Phi) is 4.57. The predicted octanol–water partition coefficient (Wildman–Crippen LogP) is 4.50. The zero-order valence-corrected chi connectivity index (χ0v) is 15.0. The molecule has 0 radical (unpaired) electrons. The molecule has 0 aliphatic rings. The fourth-order valence-electron chi connectivity index (χ4n) is 2.54. The second-order valence-corrected chi connectivity index (χ2v) is 6.27. The number of nitrogen functional groups attached to an aromatic ring is 1. The molecule has 2 aromatic carbocycles. The van der Waals surface area contributed by atoms with E-state index in [0.29, 0.717) is 17.6 Å². The fraction of sp³-hybridized carbons (Fsp3) is 0.200. The molecule has 0 bridgehead atoms. The summed E-state index contributed by atoms with van der Waals surface area (Å²) >= 11 is 0. The first kappa shape index (κ1) is 16.8. The highest BCUT2D eigenvalue weighted by atomic mass is 15.3. The van der Waals surface area contributed by atoms with Crippen molar-refractivity contribution in [2.75, 3.05) is 23.0 Å². The number of rotatable bonds is 4. The van der Waals surface area contributed by atoms with Crippen LogP contribution in [0.25, 0.3) is 0 Å².